The minimum atomic E-state index is -0.505. The summed E-state index contributed by atoms with van der Waals surface area (Å²) in [5, 5.41) is 20.7. The molecule has 6 nitrogen and oxygen atoms in total. The lowest BCUT2D eigenvalue weighted by Gasteiger charge is -2.15. The van der Waals surface area contributed by atoms with E-state index in [-0.39, 0.29) is 0 Å². The Morgan fingerprint density at radius 2 is 2.00 bits per heavy atom. The molecular weight excluding hydrogens is 316 g/mol. The van der Waals surface area contributed by atoms with E-state index in [1.54, 1.807) is 0 Å². The fraction of sp³-hybridized carbons (Fsp3) is 0.526. The van der Waals surface area contributed by atoms with Crippen molar-refractivity contribution in [2.75, 3.05) is 19.7 Å². The summed E-state index contributed by atoms with van der Waals surface area (Å²) in [6.45, 7) is 9.51. The summed E-state index contributed by atoms with van der Waals surface area (Å²) in [7, 11) is 0. The average Bonchev–Trinajstić information content (AvgIpc) is 3.01. The van der Waals surface area contributed by atoms with Crippen LogP contribution in [0.1, 0.15) is 25.0 Å². The third kappa shape index (κ3) is 7.69. The molecule has 3 N–H and O–H groups in total. The van der Waals surface area contributed by atoms with Crippen LogP contribution in [0.25, 0.3) is 0 Å². The molecule has 0 bridgehead atoms. The Hall–Kier alpha value is -1.89. The molecule has 0 aliphatic heterocycles. The van der Waals surface area contributed by atoms with Gasteiger partial charge < -0.3 is 20.5 Å². The Balaban J connectivity index is 1.63. The van der Waals surface area contributed by atoms with E-state index in [0.29, 0.717) is 19.2 Å². The molecule has 1 aromatic heterocycles. The quantitative estimate of drug-likeness (QED) is 0.541. The van der Waals surface area contributed by atoms with Crippen LogP contribution in [0.15, 0.2) is 36.7 Å². The highest BCUT2D eigenvalue weighted by molar-refractivity contribution is 5.27. The average molecular weight is 346 g/mol. The first kappa shape index (κ1) is 19.4. The number of aromatic nitrogens is 2. The zero-order chi connectivity index (χ0) is 18.1. The number of aryl methyl sites for hydroxylation is 1. The van der Waals surface area contributed by atoms with Gasteiger partial charge in [0.15, 0.2) is 0 Å². The second-order valence-corrected chi connectivity index (χ2v) is 6.63. The maximum absolute atomic E-state index is 9.85. The van der Waals surface area contributed by atoms with E-state index in [2.05, 4.69) is 29.6 Å². The molecule has 2 aromatic rings. The Morgan fingerprint density at radius 3 is 2.64 bits per heavy atom. The summed E-state index contributed by atoms with van der Waals surface area (Å²) < 4.78 is 7.56. The number of hydrogen-bond acceptors (Lipinski definition) is 5. The van der Waals surface area contributed by atoms with Gasteiger partial charge in [0.2, 0.25) is 0 Å². The molecule has 25 heavy (non-hydrogen) atoms. The number of ether oxygens (including phenoxy) is 1. The van der Waals surface area contributed by atoms with Crippen molar-refractivity contribution < 1.29 is 9.84 Å². The van der Waals surface area contributed by atoms with E-state index >= 15 is 0 Å². The fourth-order valence-electron chi connectivity index (χ4n) is 2.34. The van der Waals surface area contributed by atoms with E-state index < -0.39 is 6.10 Å². The summed E-state index contributed by atoms with van der Waals surface area (Å²) in [5.41, 5.74) is 2.38. The van der Waals surface area contributed by atoms with Crippen LogP contribution in [-0.4, -0.2) is 46.7 Å². The topological polar surface area (TPSA) is 71.3 Å². The minimum absolute atomic E-state index is 0.292. The monoisotopic (exact) mass is 346 g/mol. The summed E-state index contributed by atoms with van der Waals surface area (Å²) in [6, 6.07) is 8.32. The van der Waals surface area contributed by atoms with Gasteiger partial charge >= 0.3 is 0 Å². The molecule has 6 heteroatoms. The van der Waals surface area contributed by atoms with E-state index in [0.717, 1.165) is 25.4 Å². The van der Waals surface area contributed by atoms with Crippen LogP contribution >= 0.6 is 0 Å². The predicted molar refractivity (Wildman–Crippen MR) is 99.8 cm³/mol. The molecule has 0 spiro atoms. The van der Waals surface area contributed by atoms with Crippen LogP contribution in [0, 0.1) is 6.92 Å². The number of nitrogens with zero attached hydrogens (tertiary/aromatic N) is 2. The Bertz CT molecular complexity index is 610. The number of rotatable bonds is 11. The van der Waals surface area contributed by atoms with Gasteiger partial charge in [0.25, 0.3) is 0 Å². The van der Waals surface area contributed by atoms with Gasteiger partial charge in [-0.2, -0.15) is 5.10 Å². The second kappa shape index (κ2) is 10.2. The molecule has 2 rings (SSSR count). The van der Waals surface area contributed by atoms with Gasteiger partial charge in [-0.1, -0.05) is 26.0 Å². The molecule has 1 atom stereocenters. The lowest BCUT2D eigenvalue weighted by atomic mass is 10.2. The molecular formula is C19H30N4O2. The van der Waals surface area contributed by atoms with Crippen LogP contribution in [0.4, 0.5) is 0 Å². The molecule has 1 heterocycles. The highest BCUT2D eigenvalue weighted by Gasteiger charge is 2.06. The molecule has 0 radical (unpaired) electrons. The van der Waals surface area contributed by atoms with Crippen molar-refractivity contribution in [2.45, 2.75) is 46.0 Å². The van der Waals surface area contributed by atoms with Crippen LogP contribution in [0.3, 0.4) is 0 Å². The first-order chi connectivity index (χ1) is 12.0. The maximum atomic E-state index is 9.85. The van der Waals surface area contributed by atoms with Crippen LogP contribution in [0.2, 0.25) is 0 Å². The lowest BCUT2D eigenvalue weighted by molar-refractivity contribution is 0.104. The second-order valence-electron chi connectivity index (χ2n) is 6.63. The molecule has 1 unspecified atom stereocenters. The molecule has 0 aliphatic carbocycles. The molecule has 0 aliphatic rings. The van der Waals surface area contributed by atoms with Crippen molar-refractivity contribution in [1.82, 2.24) is 20.4 Å². The third-order valence-electron chi connectivity index (χ3n) is 3.74. The van der Waals surface area contributed by atoms with Crippen molar-refractivity contribution >= 4 is 0 Å². The van der Waals surface area contributed by atoms with Gasteiger partial charge in [-0.25, -0.2) is 0 Å². The molecule has 0 saturated carbocycles. The number of hydrogen-bond donors (Lipinski definition) is 3. The van der Waals surface area contributed by atoms with Gasteiger partial charge in [0.05, 0.1) is 12.7 Å². The molecule has 138 valence electrons. The highest BCUT2D eigenvalue weighted by atomic mass is 16.5. The van der Waals surface area contributed by atoms with Crippen LogP contribution in [-0.2, 0) is 13.1 Å². The van der Waals surface area contributed by atoms with E-state index in [9.17, 15) is 5.11 Å². The zero-order valence-corrected chi connectivity index (χ0v) is 15.4. The molecule has 0 saturated heterocycles. The third-order valence-corrected chi connectivity index (χ3v) is 3.74. The first-order valence-corrected chi connectivity index (χ1v) is 8.86. The Labute approximate surface area is 150 Å². The van der Waals surface area contributed by atoms with Crippen molar-refractivity contribution in [2.24, 2.45) is 0 Å². The van der Waals surface area contributed by atoms with Gasteiger partial charge in [-0.15, -0.1) is 0 Å². The Kier molecular flexibility index (Phi) is 7.91. The first-order valence-electron chi connectivity index (χ1n) is 8.86. The number of aliphatic hydroxyl groups excluding tert-OH is 1. The number of aliphatic hydroxyl groups is 1. The van der Waals surface area contributed by atoms with Gasteiger partial charge in [-0.3, -0.25) is 4.68 Å². The predicted octanol–water partition coefficient (Wildman–Crippen LogP) is 1.72. The van der Waals surface area contributed by atoms with Crippen molar-refractivity contribution in [3.05, 3.63) is 47.8 Å². The summed E-state index contributed by atoms with van der Waals surface area (Å²) in [5.74, 6) is 0.777. The SMILES string of the molecule is Cc1cnn(CCNCc2ccc(OCC(O)CNC(C)C)cc2)c1. The van der Waals surface area contributed by atoms with Crippen molar-refractivity contribution in [3.8, 4) is 5.75 Å². The normalized spacial score (nSPS) is 12.5. The summed E-state index contributed by atoms with van der Waals surface area (Å²) in [4.78, 5) is 0. The molecule has 0 fully saturated rings. The lowest BCUT2D eigenvalue weighted by Crippen LogP contribution is -2.35. The molecule has 1 aromatic carbocycles. The molecule has 0 amide bonds. The van der Waals surface area contributed by atoms with Crippen LogP contribution < -0.4 is 15.4 Å². The summed E-state index contributed by atoms with van der Waals surface area (Å²) in [6.07, 6.45) is 3.41. The maximum Gasteiger partial charge on any atom is 0.119 e. The largest absolute Gasteiger partial charge is 0.491 e. The number of nitrogens with one attached hydrogen (secondary N) is 2. The van der Waals surface area contributed by atoms with Gasteiger partial charge in [-0.05, 0) is 30.2 Å². The summed E-state index contributed by atoms with van der Waals surface area (Å²) >= 11 is 0. The van der Waals surface area contributed by atoms with Gasteiger partial charge in [0.1, 0.15) is 18.5 Å². The Morgan fingerprint density at radius 1 is 1.24 bits per heavy atom. The minimum Gasteiger partial charge on any atom is -0.491 e. The highest BCUT2D eigenvalue weighted by Crippen LogP contribution is 2.12. The van der Waals surface area contributed by atoms with Crippen molar-refractivity contribution in [3.63, 3.8) is 0 Å². The van der Waals surface area contributed by atoms with E-state index in [1.165, 1.54) is 11.1 Å². The standard InChI is InChI=1S/C19H30N4O2/c1-15(2)21-12-18(24)14-25-19-6-4-17(5-7-19)11-20-8-9-23-13-16(3)10-22-23/h4-7,10,13,15,18,20-21,24H,8-9,11-12,14H2,1-3H3. The van der Waals surface area contributed by atoms with Crippen molar-refractivity contribution in [1.29, 1.82) is 0 Å². The fourth-order valence-corrected chi connectivity index (χ4v) is 2.34. The smallest absolute Gasteiger partial charge is 0.119 e. The van der Waals surface area contributed by atoms with E-state index in [4.69, 9.17) is 4.74 Å². The zero-order valence-electron chi connectivity index (χ0n) is 15.4. The number of benzene rings is 1. The van der Waals surface area contributed by atoms with Crippen LogP contribution in [0.5, 0.6) is 5.75 Å². The van der Waals surface area contributed by atoms with Gasteiger partial charge in [0, 0.05) is 31.9 Å². The van der Waals surface area contributed by atoms with E-state index in [1.807, 2.05) is 48.3 Å².